The first-order valence-electron chi connectivity index (χ1n) is 7.49. The lowest BCUT2D eigenvalue weighted by Gasteiger charge is -2.08. The number of ether oxygens (including phenoxy) is 1. The number of halogens is 3. The van der Waals surface area contributed by atoms with Crippen LogP contribution in [0.2, 0.25) is 0 Å². The molecule has 1 N–H and O–H groups in total. The van der Waals surface area contributed by atoms with Crippen LogP contribution >= 0.6 is 0 Å². The number of allylic oxidation sites excluding steroid dienone is 1. The highest BCUT2D eigenvalue weighted by atomic mass is 19.4. The molecule has 0 saturated carbocycles. The summed E-state index contributed by atoms with van der Waals surface area (Å²) < 4.78 is 43.2. The number of hydrogen-bond acceptors (Lipinski definition) is 3. The fourth-order valence-electron chi connectivity index (χ4n) is 2.32. The molecule has 0 bridgehead atoms. The maximum absolute atomic E-state index is 12.7. The van der Waals surface area contributed by atoms with Gasteiger partial charge in [0.25, 0.3) is 0 Å². The number of alkyl halides is 3. The molecule has 0 spiro atoms. The van der Waals surface area contributed by atoms with Gasteiger partial charge in [-0.3, -0.25) is 9.59 Å². The number of carboxylic acid groups (broad SMARTS) is 1. The molecule has 0 radical (unpaired) electrons. The van der Waals surface area contributed by atoms with Gasteiger partial charge in [0.05, 0.1) is 19.1 Å². The number of carbonyl (C=O) groups excluding carboxylic acids is 1. The van der Waals surface area contributed by atoms with E-state index >= 15 is 0 Å². The Balaban J connectivity index is 2.24. The third-order valence-electron chi connectivity index (χ3n) is 3.55. The molecule has 0 saturated heterocycles. The zero-order valence-corrected chi connectivity index (χ0v) is 13.7. The Labute approximate surface area is 147 Å². The van der Waals surface area contributed by atoms with Crippen LogP contribution in [0.15, 0.2) is 48.5 Å². The van der Waals surface area contributed by atoms with Crippen molar-refractivity contribution in [3.8, 4) is 5.75 Å². The van der Waals surface area contributed by atoms with Gasteiger partial charge in [0.2, 0.25) is 0 Å². The molecule has 2 aromatic rings. The van der Waals surface area contributed by atoms with E-state index in [1.165, 1.54) is 43.5 Å². The zero-order valence-electron chi connectivity index (χ0n) is 13.7. The highest BCUT2D eigenvalue weighted by Crippen LogP contribution is 2.29. The number of ketones is 1. The van der Waals surface area contributed by atoms with Crippen LogP contribution < -0.4 is 4.74 Å². The molecule has 2 rings (SSSR count). The molecule has 0 amide bonds. The topological polar surface area (TPSA) is 63.6 Å². The van der Waals surface area contributed by atoms with E-state index in [1.807, 2.05) is 0 Å². The summed E-state index contributed by atoms with van der Waals surface area (Å²) in [7, 11) is 1.38. The van der Waals surface area contributed by atoms with Crippen LogP contribution in [0.4, 0.5) is 13.2 Å². The highest BCUT2D eigenvalue weighted by Gasteiger charge is 2.30. The van der Waals surface area contributed by atoms with Crippen LogP contribution in [0.1, 0.15) is 27.0 Å². The predicted octanol–water partition coefficient (Wildman–Crippen LogP) is 4.24. The number of aliphatic carboxylic acids is 1. The van der Waals surface area contributed by atoms with Crippen LogP contribution in [0.25, 0.3) is 6.08 Å². The van der Waals surface area contributed by atoms with Gasteiger partial charge >= 0.3 is 12.1 Å². The van der Waals surface area contributed by atoms with Gasteiger partial charge in [-0.15, -0.1) is 0 Å². The summed E-state index contributed by atoms with van der Waals surface area (Å²) in [6.45, 7) is 0. The lowest BCUT2D eigenvalue weighted by atomic mass is 10.0. The predicted molar refractivity (Wildman–Crippen MR) is 89.1 cm³/mol. The summed E-state index contributed by atoms with van der Waals surface area (Å²) in [6.07, 6.45) is -2.36. The average Bonchev–Trinajstić information content (AvgIpc) is 2.58. The Morgan fingerprint density at radius 2 is 1.88 bits per heavy atom. The number of carboxylic acids is 1. The number of carbonyl (C=O) groups is 2. The zero-order chi connectivity index (χ0) is 19.3. The molecular weight excluding hydrogens is 349 g/mol. The second-order valence-corrected chi connectivity index (χ2v) is 5.42. The minimum Gasteiger partial charge on any atom is -0.496 e. The molecular formula is C19H15F3O4. The third-order valence-corrected chi connectivity index (χ3v) is 3.55. The van der Waals surface area contributed by atoms with Gasteiger partial charge < -0.3 is 9.84 Å². The van der Waals surface area contributed by atoms with Gasteiger partial charge in [-0.25, -0.2) is 0 Å². The fraction of sp³-hybridized carbons (Fsp3) is 0.158. The molecule has 0 heterocycles. The second kappa shape index (κ2) is 7.86. The monoisotopic (exact) mass is 364 g/mol. The molecule has 0 aliphatic heterocycles. The van der Waals surface area contributed by atoms with E-state index in [4.69, 9.17) is 9.84 Å². The van der Waals surface area contributed by atoms with E-state index in [-0.39, 0.29) is 17.5 Å². The van der Waals surface area contributed by atoms with Crippen molar-refractivity contribution in [3.63, 3.8) is 0 Å². The summed E-state index contributed by atoms with van der Waals surface area (Å²) in [6, 6.07) is 8.92. The molecule has 0 aliphatic rings. The van der Waals surface area contributed by atoms with Gasteiger partial charge in [0.1, 0.15) is 5.75 Å². The summed E-state index contributed by atoms with van der Waals surface area (Å²) >= 11 is 0. The van der Waals surface area contributed by atoms with Crippen molar-refractivity contribution in [2.45, 2.75) is 12.6 Å². The summed E-state index contributed by atoms with van der Waals surface area (Å²) in [5, 5.41) is 8.91. The van der Waals surface area contributed by atoms with Crippen molar-refractivity contribution in [3.05, 3.63) is 70.8 Å². The van der Waals surface area contributed by atoms with Crippen molar-refractivity contribution in [1.82, 2.24) is 0 Å². The molecule has 0 atom stereocenters. The highest BCUT2D eigenvalue weighted by molar-refractivity contribution is 6.07. The average molecular weight is 364 g/mol. The normalized spacial score (nSPS) is 11.5. The third kappa shape index (κ3) is 4.95. The summed E-state index contributed by atoms with van der Waals surface area (Å²) in [4.78, 5) is 23.1. The van der Waals surface area contributed by atoms with Gasteiger partial charge in [-0.05, 0) is 42.0 Å². The first-order chi connectivity index (χ1) is 12.2. The van der Waals surface area contributed by atoms with Crippen LogP contribution in [0.3, 0.4) is 0 Å². The number of rotatable bonds is 6. The lowest BCUT2D eigenvalue weighted by molar-refractivity contribution is -0.138. The minimum absolute atomic E-state index is 0.213. The lowest BCUT2D eigenvalue weighted by Crippen LogP contribution is -2.05. The molecule has 2 aromatic carbocycles. The van der Waals surface area contributed by atoms with Gasteiger partial charge in [0, 0.05) is 11.1 Å². The van der Waals surface area contributed by atoms with Crippen molar-refractivity contribution >= 4 is 17.8 Å². The van der Waals surface area contributed by atoms with E-state index in [0.717, 1.165) is 18.2 Å². The van der Waals surface area contributed by atoms with Crippen molar-refractivity contribution < 1.29 is 32.6 Å². The van der Waals surface area contributed by atoms with Gasteiger partial charge in [-0.2, -0.15) is 13.2 Å². The van der Waals surface area contributed by atoms with E-state index in [1.54, 1.807) is 0 Å². The fourth-order valence-corrected chi connectivity index (χ4v) is 2.32. The SMILES string of the molecule is COc1ccc(C(=O)/C=C/c2cccc(C(F)(F)F)c2)cc1CC(=O)O. The molecule has 26 heavy (non-hydrogen) atoms. The molecule has 0 aliphatic carbocycles. The Morgan fingerprint density at radius 3 is 2.50 bits per heavy atom. The largest absolute Gasteiger partial charge is 0.496 e. The van der Waals surface area contributed by atoms with E-state index in [0.29, 0.717) is 11.3 Å². The van der Waals surface area contributed by atoms with Gasteiger partial charge in [0.15, 0.2) is 5.78 Å². The maximum atomic E-state index is 12.7. The molecule has 0 unspecified atom stereocenters. The van der Waals surface area contributed by atoms with Crippen molar-refractivity contribution in [1.29, 1.82) is 0 Å². The van der Waals surface area contributed by atoms with Crippen molar-refractivity contribution in [2.75, 3.05) is 7.11 Å². The van der Waals surface area contributed by atoms with E-state index in [9.17, 15) is 22.8 Å². The molecule has 4 nitrogen and oxygen atoms in total. The molecule has 136 valence electrons. The quantitative estimate of drug-likeness (QED) is 0.615. The molecule has 7 heteroatoms. The van der Waals surface area contributed by atoms with Crippen LogP contribution in [0, 0.1) is 0 Å². The van der Waals surface area contributed by atoms with Crippen LogP contribution in [0.5, 0.6) is 5.75 Å². The molecule has 0 fully saturated rings. The number of benzene rings is 2. The van der Waals surface area contributed by atoms with E-state index < -0.39 is 23.5 Å². The standard InChI is InChI=1S/C19H15F3O4/c1-26-17-8-6-13(10-14(17)11-18(24)25)16(23)7-5-12-3-2-4-15(9-12)19(20,21)22/h2-10H,11H2,1H3,(H,24,25)/b7-5+. The smallest absolute Gasteiger partial charge is 0.416 e. The van der Waals surface area contributed by atoms with Gasteiger partial charge in [-0.1, -0.05) is 18.2 Å². The molecule has 0 aromatic heterocycles. The first-order valence-corrected chi connectivity index (χ1v) is 7.49. The second-order valence-electron chi connectivity index (χ2n) is 5.42. The summed E-state index contributed by atoms with van der Waals surface area (Å²) in [5.41, 5.74) is -0.0312. The van der Waals surface area contributed by atoms with Crippen LogP contribution in [-0.4, -0.2) is 24.0 Å². The van der Waals surface area contributed by atoms with Crippen molar-refractivity contribution in [2.24, 2.45) is 0 Å². The van der Waals surface area contributed by atoms with E-state index in [2.05, 4.69) is 0 Å². The maximum Gasteiger partial charge on any atom is 0.416 e. The summed E-state index contributed by atoms with van der Waals surface area (Å²) in [5.74, 6) is -1.20. The Bertz CT molecular complexity index is 854. The Kier molecular flexibility index (Phi) is 5.82. The minimum atomic E-state index is -4.46. The van der Waals surface area contributed by atoms with Crippen LogP contribution in [-0.2, 0) is 17.4 Å². The number of methoxy groups -OCH3 is 1. The Morgan fingerprint density at radius 1 is 1.15 bits per heavy atom. The first kappa shape index (κ1) is 19.2. The Hall–Kier alpha value is -3.09. The number of hydrogen-bond donors (Lipinski definition) is 1.